The molecule has 1 aromatic carbocycles. The number of nitrogens with one attached hydrogen (secondary N) is 2. The van der Waals surface area contributed by atoms with Crippen molar-refractivity contribution in [2.45, 2.75) is 19.9 Å². The molecule has 0 aliphatic rings. The summed E-state index contributed by atoms with van der Waals surface area (Å²) in [5.41, 5.74) is 1.53. The zero-order valence-electron chi connectivity index (χ0n) is 10.9. The Bertz CT molecular complexity index is 598. The van der Waals surface area contributed by atoms with Gasteiger partial charge in [-0.2, -0.15) is 0 Å². The minimum Gasteiger partial charge on any atom is -0.323 e. The quantitative estimate of drug-likeness (QED) is 0.910. The van der Waals surface area contributed by atoms with Crippen LogP contribution < -0.4 is 10.6 Å². The summed E-state index contributed by atoms with van der Waals surface area (Å²) in [6, 6.07) is 7.99. The van der Waals surface area contributed by atoms with Crippen LogP contribution in [0.4, 0.5) is 5.69 Å². The normalized spacial score (nSPS) is 10.9. The molecule has 1 amide bonds. The first-order chi connectivity index (χ1) is 9.06. The van der Waals surface area contributed by atoms with Crippen LogP contribution in [0.5, 0.6) is 0 Å². The smallest absolute Gasteiger partial charge is 0.238 e. The van der Waals surface area contributed by atoms with E-state index < -0.39 is 0 Å². The molecule has 2 rings (SSSR count). The fraction of sp³-hybridized carbons (Fsp3) is 0.286. The second-order valence-electron chi connectivity index (χ2n) is 4.61. The number of hydrogen-bond acceptors (Lipinski definition) is 3. The summed E-state index contributed by atoms with van der Waals surface area (Å²) in [6.07, 6.45) is 1.73. The molecular formula is C14H16BrN3O. The van der Waals surface area contributed by atoms with Gasteiger partial charge in [0.1, 0.15) is 0 Å². The molecule has 0 bridgehead atoms. The first-order valence-electron chi connectivity index (χ1n) is 6.14. The van der Waals surface area contributed by atoms with E-state index in [1.165, 1.54) is 0 Å². The van der Waals surface area contributed by atoms with Crippen LogP contribution in [0.2, 0.25) is 0 Å². The molecule has 0 saturated heterocycles. The summed E-state index contributed by atoms with van der Waals surface area (Å²) >= 11 is 3.39. The van der Waals surface area contributed by atoms with Gasteiger partial charge in [0.2, 0.25) is 5.91 Å². The van der Waals surface area contributed by atoms with Crippen molar-refractivity contribution in [1.82, 2.24) is 10.3 Å². The molecular weight excluding hydrogens is 306 g/mol. The molecule has 4 nitrogen and oxygen atoms in total. The van der Waals surface area contributed by atoms with Gasteiger partial charge in [-0.25, -0.2) is 0 Å². The third kappa shape index (κ3) is 3.75. The van der Waals surface area contributed by atoms with E-state index in [9.17, 15) is 4.79 Å². The molecule has 2 N–H and O–H groups in total. The first-order valence-corrected chi connectivity index (χ1v) is 6.93. The van der Waals surface area contributed by atoms with Crippen molar-refractivity contribution in [3.8, 4) is 0 Å². The number of anilines is 1. The Hall–Kier alpha value is -1.46. The van der Waals surface area contributed by atoms with Gasteiger partial charge in [-0.15, -0.1) is 0 Å². The van der Waals surface area contributed by atoms with Gasteiger partial charge in [0.05, 0.1) is 17.7 Å². The Morgan fingerprint density at radius 3 is 2.95 bits per heavy atom. The van der Waals surface area contributed by atoms with E-state index in [-0.39, 0.29) is 11.9 Å². The van der Waals surface area contributed by atoms with Gasteiger partial charge in [0, 0.05) is 22.1 Å². The molecule has 19 heavy (non-hydrogen) atoms. The second kappa shape index (κ2) is 6.12. The van der Waals surface area contributed by atoms with E-state index in [4.69, 9.17) is 0 Å². The summed E-state index contributed by atoms with van der Waals surface area (Å²) in [5.74, 6) is -0.0640. The Labute approximate surface area is 120 Å². The van der Waals surface area contributed by atoms with E-state index in [0.29, 0.717) is 6.54 Å². The Kier molecular flexibility index (Phi) is 4.50. The molecule has 5 heteroatoms. The lowest BCUT2D eigenvalue weighted by atomic mass is 10.2. The number of nitrogens with zero attached hydrogens (tertiary/aromatic N) is 1. The molecule has 0 fully saturated rings. The van der Waals surface area contributed by atoms with E-state index >= 15 is 0 Å². The molecule has 2 aromatic rings. The van der Waals surface area contributed by atoms with Crippen LogP contribution in [0.25, 0.3) is 10.9 Å². The molecule has 0 radical (unpaired) electrons. The zero-order chi connectivity index (χ0) is 13.8. The predicted octanol–water partition coefficient (Wildman–Crippen LogP) is 2.93. The van der Waals surface area contributed by atoms with Crippen molar-refractivity contribution >= 4 is 38.4 Å². The SMILES string of the molecule is CC(C)NCC(=O)Nc1cccc2cc(Br)cnc12. The average molecular weight is 322 g/mol. The van der Waals surface area contributed by atoms with Crippen LogP contribution in [-0.2, 0) is 4.79 Å². The molecule has 1 aromatic heterocycles. The minimum absolute atomic E-state index is 0.0640. The number of para-hydroxylation sites is 1. The molecule has 0 atom stereocenters. The maximum absolute atomic E-state index is 11.8. The standard InChI is InChI=1S/C14H16BrN3O/c1-9(2)16-8-13(19)18-12-5-3-4-10-6-11(15)7-17-14(10)12/h3-7,9,16H,8H2,1-2H3,(H,18,19). The lowest BCUT2D eigenvalue weighted by Crippen LogP contribution is -2.32. The number of amides is 1. The minimum atomic E-state index is -0.0640. The zero-order valence-corrected chi connectivity index (χ0v) is 12.5. The maximum Gasteiger partial charge on any atom is 0.238 e. The third-order valence-corrected chi connectivity index (χ3v) is 3.06. The summed E-state index contributed by atoms with van der Waals surface area (Å²) in [4.78, 5) is 16.2. The summed E-state index contributed by atoms with van der Waals surface area (Å²) in [6.45, 7) is 4.30. The van der Waals surface area contributed by atoms with E-state index in [1.807, 2.05) is 38.1 Å². The van der Waals surface area contributed by atoms with Crippen LogP contribution in [-0.4, -0.2) is 23.5 Å². The molecule has 0 unspecified atom stereocenters. The Morgan fingerprint density at radius 2 is 2.21 bits per heavy atom. The highest BCUT2D eigenvalue weighted by molar-refractivity contribution is 9.10. The lowest BCUT2D eigenvalue weighted by molar-refractivity contribution is -0.115. The lowest BCUT2D eigenvalue weighted by Gasteiger charge is -2.10. The molecule has 100 valence electrons. The van der Waals surface area contributed by atoms with Crippen LogP contribution in [0, 0.1) is 0 Å². The van der Waals surface area contributed by atoms with Gasteiger partial charge in [0.25, 0.3) is 0 Å². The van der Waals surface area contributed by atoms with Crippen molar-refractivity contribution in [1.29, 1.82) is 0 Å². The van der Waals surface area contributed by atoms with E-state index in [0.717, 1.165) is 21.1 Å². The third-order valence-electron chi connectivity index (χ3n) is 2.62. The number of aromatic nitrogens is 1. The molecule has 0 aliphatic heterocycles. The summed E-state index contributed by atoms with van der Waals surface area (Å²) < 4.78 is 0.921. The van der Waals surface area contributed by atoms with E-state index in [1.54, 1.807) is 6.20 Å². The molecule has 0 aliphatic carbocycles. The van der Waals surface area contributed by atoms with Gasteiger partial charge in [-0.1, -0.05) is 26.0 Å². The van der Waals surface area contributed by atoms with Crippen molar-refractivity contribution < 1.29 is 4.79 Å². The number of rotatable bonds is 4. The van der Waals surface area contributed by atoms with Gasteiger partial charge in [-0.05, 0) is 28.1 Å². The van der Waals surface area contributed by atoms with Crippen molar-refractivity contribution in [3.05, 3.63) is 34.9 Å². The molecule has 1 heterocycles. The number of halogens is 1. The van der Waals surface area contributed by atoms with Crippen molar-refractivity contribution in [3.63, 3.8) is 0 Å². The van der Waals surface area contributed by atoms with Gasteiger partial charge >= 0.3 is 0 Å². The first kappa shape index (κ1) is 14.0. The Morgan fingerprint density at radius 1 is 1.42 bits per heavy atom. The topological polar surface area (TPSA) is 54.0 Å². The fourth-order valence-corrected chi connectivity index (χ4v) is 2.08. The average Bonchev–Trinajstić information content (AvgIpc) is 2.36. The largest absolute Gasteiger partial charge is 0.323 e. The highest BCUT2D eigenvalue weighted by atomic mass is 79.9. The van der Waals surface area contributed by atoms with Crippen LogP contribution in [0.15, 0.2) is 34.9 Å². The van der Waals surface area contributed by atoms with Gasteiger partial charge < -0.3 is 10.6 Å². The summed E-state index contributed by atoms with van der Waals surface area (Å²) in [7, 11) is 0. The van der Waals surface area contributed by atoms with Crippen LogP contribution in [0.3, 0.4) is 0 Å². The Balaban J connectivity index is 2.19. The van der Waals surface area contributed by atoms with Crippen molar-refractivity contribution in [2.24, 2.45) is 0 Å². The van der Waals surface area contributed by atoms with Gasteiger partial charge in [-0.3, -0.25) is 9.78 Å². The highest BCUT2D eigenvalue weighted by Gasteiger charge is 2.07. The number of carbonyl (C=O) groups is 1. The van der Waals surface area contributed by atoms with Crippen LogP contribution >= 0.6 is 15.9 Å². The maximum atomic E-state index is 11.8. The van der Waals surface area contributed by atoms with Crippen molar-refractivity contribution in [2.75, 3.05) is 11.9 Å². The van der Waals surface area contributed by atoms with Gasteiger partial charge in [0.15, 0.2) is 0 Å². The molecule has 0 saturated carbocycles. The second-order valence-corrected chi connectivity index (χ2v) is 5.53. The monoisotopic (exact) mass is 321 g/mol. The summed E-state index contributed by atoms with van der Waals surface area (Å²) in [5, 5.41) is 6.95. The van der Waals surface area contributed by atoms with E-state index in [2.05, 4.69) is 31.5 Å². The number of fused-ring (bicyclic) bond motifs is 1. The highest BCUT2D eigenvalue weighted by Crippen LogP contribution is 2.23. The number of benzene rings is 1. The number of hydrogen-bond donors (Lipinski definition) is 2. The predicted molar refractivity (Wildman–Crippen MR) is 81.2 cm³/mol. The fourth-order valence-electron chi connectivity index (χ4n) is 1.73. The number of pyridine rings is 1. The number of carbonyl (C=O) groups excluding carboxylic acids is 1. The van der Waals surface area contributed by atoms with Crippen LogP contribution in [0.1, 0.15) is 13.8 Å². The molecule has 0 spiro atoms.